The third kappa shape index (κ3) is 4.43. The number of alkyl halides is 5. The molecule has 5 nitrogen and oxygen atoms in total. The molecule has 0 radical (unpaired) electrons. The van der Waals surface area contributed by atoms with E-state index >= 15 is 0 Å². The fourth-order valence-corrected chi connectivity index (χ4v) is 5.19. The van der Waals surface area contributed by atoms with E-state index in [-0.39, 0.29) is 24.4 Å². The number of carbonyl (C=O) groups is 1. The summed E-state index contributed by atoms with van der Waals surface area (Å²) in [5.74, 6) is -1.48. The zero-order valence-corrected chi connectivity index (χ0v) is 17.9. The highest BCUT2D eigenvalue weighted by molar-refractivity contribution is 7.92. The van der Waals surface area contributed by atoms with Crippen LogP contribution >= 0.6 is 0 Å². The van der Waals surface area contributed by atoms with Gasteiger partial charge < -0.3 is 9.64 Å². The molecule has 0 bridgehead atoms. The monoisotopic (exact) mass is 477 g/mol. The summed E-state index contributed by atoms with van der Waals surface area (Å²) >= 11 is 0. The highest BCUT2D eigenvalue weighted by Gasteiger charge is 2.49. The van der Waals surface area contributed by atoms with E-state index in [1.54, 1.807) is 0 Å². The summed E-state index contributed by atoms with van der Waals surface area (Å²) < 4.78 is 93.3. The summed E-state index contributed by atoms with van der Waals surface area (Å²) in [6.07, 6.45) is -4.69. The Bertz CT molecular complexity index is 1110. The fourth-order valence-electron chi connectivity index (χ4n) is 3.46. The first kappa shape index (κ1) is 24.0. The number of rotatable bonds is 6. The van der Waals surface area contributed by atoms with E-state index in [4.69, 9.17) is 0 Å². The van der Waals surface area contributed by atoms with E-state index in [1.165, 1.54) is 43.0 Å². The van der Waals surface area contributed by atoms with Gasteiger partial charge in [0.15, 0.2) is 9.84 Å². The molecule has 174 valence electrons. The van der Waals surface area contributed by atoms with Crippen molar-refractivity contribution in [3.8, 4) is 5.75 Å². The van der Waals surface area contributed by atoms with Crippen LogP contribution in [0.25, 0.3) is 0 Å². The minimum absolute atomic E-state index is 0.00691. The van der Waals surface area contributed by atoms with Crippen LogP contribution in [0.5, 0.6) is 5.75 Å². The highest BCUT2D eigenvalue weighted by Crippen LogP contribution is 2.40. The van der Waals surface area contributed by atoms with Gasteiger partial charge in [-0.1, -0.05) is 18.2 Å². The summed E-state index contributed by atoms with van der Waals surface area (Å²) in [5.41, 5.74) is -1.17. The predicted octanol–water partition coefficient (Wildman–Crippen LogP) is 4.63. The molecule has 2 aromatic rings. The van der Waals surface area contributed by atoms with Gasteiger partial charge in [0.2, 0.25) is 0 Å². The molecule has 1 fully saturated rings. The van der Waals surface area contributed by atoms with Crippen LogP contribution in [0.15, 0.2) is 53.4 Å². The maximum Gasteiger partial charge on any atom is 0.416 e. The molecular weight excluding hydrogens is 457 g/mol. The van der Waals surface area contributed by atoms with Crippen molar-refractivity contribution in [2.75, 3.05) is 13.1 Å². The SMILES string of the molecule is CC(C)(C1CN(C(=O)c2ccccc2OC(F)F)C1)S(=O)(=O)c1cccc(C(F)(F)F)c1. The predicted molar refractivity (Wildman–Crippen MR) is 105 cm³/mol. The van der Waals surface area contributed by atoms with E-state index < -0.39 is 49.7 Å². The van der Waals surface area contributed by atoms with E-state index in [0.717, 1.165) is 18.2 Å². The molecule has 1 aliphatic heterocycles. The number of carbonyl (C=O) groups excluding carboxylic acids is 1. The topological polar surface area (TPSA) is 63.7 Å². The molecule has 0 N–H and O–H groups in total. The average Bonchev–Trinajstić information content (AvgIpc) is 2.65. The highest BCUT2D eigenvalue weighted by atomic mass is 32.2. The van der Waals surface area contributed by atoms with Crippen LogP contribution in [0, 0.1) is 5.92 Å². The minimum Gasteiger partial charge on any atom is -0.434 e. The first-order chi connectivity index (χ1) is 14.7. The number of nitrogens with zero attached hydrogens (tertiary/aromatic N) is 1. The molecule has 0 aromatic heterocycles. The lowest BCUT2D eigenvalue weighted by Crippen LogP contribution is -2.59. The molecule has 3 rings (SSSR count). The Balaban J connectivity index is 1.78. The molecule has 32 heavy (non-hydrogen) atoms. The minimum atomic E-state index is -4.69. The molecule has 2 aromatic carbocycles. The smallest absolute Gasteiger partial charge is 0.416 e. The van der Waals surface area contributed by atoms with Crippen molar-refractivity contribution < 1.29 is 39.9 Å². The maximum atomic E-state index is 13.1. The molecule has 1 saturated heterocycles. The Morgan fingerprint density at radius 3 is 2.28 bits per heavy atom. The van der Waals surface area contributed by atoms with E-state index in [0.29, 0.717) is 6.07 Å². The lowest BCUT2D eigenvalue weighted by molar-refractivity contribution is -0.137. The Kier molecular flexibility index (Phi) is 6.25. The summed E-state index contributed by atoms with van der Waals surface area (Å²) in [5, 5.41) is 0. The van der Waals surface area contributed by atoms with Crippen molar-refractivity contribution in [1.29, 1.82) is 0 Å². The second-order valence-electron chi connectivity index (χ2n) is 7.91. The van der Waals surface area contributed by atoms with Gasteiger partial charge in [-0.25, -0.2) is 8.42 Å². The van der Waals surface area contributed by atoms with Crippen LogP contribution in [0.1, 0.15) is 29.8 Å². The number of benzene rings is 2. The number of halogens is 5. The van der Waals surface area contributed by atoms with Crippen LogP contribution in [-0.2, 0) is 16.0 Å². The van der Waals surface area contributed by atoms with E-state index in [1.807, 2.05) is 0 Å². The zero-order valence-electron chi connectivity index (χ0n) is 17.1. The van der Waals surface area contributed by atoms with Gasteiger partial charge in [0.25, 0.3) is 5.91 Å². The molecule has 0 saturated carbocycles. The van der Waals surface area contributed by atoms with Gasteiger partial charge in [0.1, 0.15) is 5.75 Å². The van der Waals surface area contributed by atoms with Crippen LogP contribution < -0.4 is 4.74 Å². The summed E-state index contributed by atoms with van der Waals surface area (Å²) in [6.45, 7) is -0.351. The fraction of sp³-hybridized carbons (Fsp3) is 0.381. The third-order valence-corrected chi connectivity index (χ3v) is 8.24. The van der Waals surface area contributed by atoms with Gasteiger partial charge in [-0.05, 0) is 44.2 Å². The molecule has 1 aliphatic rings. The van der Waals surface area contributed by atoms with Crippen molar-refractivity contribution in [3.05, 3.63) is 59.7 Å². The van der Waals surface area contributed by atoms with E-state index in [2.05, 4.69) is 4.74 Å². The van der Waals surface area contributed by atoms with Gasteiger partial charge in [0.05, 0.1) is 20.8 Å². The van der Waals surface area contributed by atoms with Crippen LogP contribution in [0.3, 0.4) is 0 Å². The Morgan fingerprint density at radius 1 is 1.06 bits per heavy atom. The van der Waals surface area contributed by atoms with Gasteiger partial charge in [0, 0.05) is 19.0 Å². The van der Waals surface area contributed by atoms with Crippen molar-refractivity contribution in [2.45, 2.75) is 36.3 Å². The Hall–Kier alpha value is -2.69. The molecule has 0 spiro atoms. The van der Waals surface area contributed by atoms with Crippen molar-refractivity contribution >= 4 is 15.7 Å². The lowest BCUT2D eigenvalue weighted by Gasteiger charge is -2.47. The lowest BCUT2D eigenvalue weighted by atomic mass is 9.87. The van der Waals surface area contributed by atoms with Crippen molar-refractivity contribution in [3.63, 3.8) is 0 Å². The van der Waals surface area contributed by atoms with Gasteiger partial charge >= 0.3 is 12.8 Å². The molecule has 0 atom stereocenters. The largest absolute Gasteiger partial charge is 0.434 e. The number of likely N-dealkylation sites (tertiary alicyclic amines) is 1. The zero-order chi connectivity index (χ0) is 23.9. The summed E-state index contributed by atoms with van der Waals surface area (Å²) in [4.78, 5) is 13.5. The van der Waals surface area contributed by atoms with Gasteiger partial charge in [-0.2, -0.15) is 22.0 Å². The normalized spacial score (nSPS) is 15.6. The number of para-hydroxylation sites is 1. The number of hydrogen-bond acceptors (Lipinski definition) is 4. The first-order valence-electron chi connectivity index (χ1n) is 9.50. The molecule has 11 heteroatoms. The molecule has 1 heterocycles. The molecule has 1 amide bonds. The Labute approximate surface area is 181 Å². The van der Waals surface area contributed by atoms with Crippen LogP contribution in [-0.4, -0.2) is 43.7 Å². The standard InChI is InChI=1S/C21H20F5NO4S/c1-20(2,32(29,30)15-7-5-6-13(10-15)21(24,25)26)14-11-27(12-14)18(28)16-8-3-4-9-17(16)31-19(22)23/h3-10,14,19H,11-12H2,1-2H3. The Morgan fingerprint density at radius 2 is 1.69 bits per heavy atom. The number of ether oxygens (including phenoxy) is 1. The van der Waals surface area contributed by atoms with Gasteiger partial charge in [-0.3, -0.25) is 4.79 Å². The van der Waals surface area contributed by atoms with E-state index in [9.17, 15) is 35.2 Å². The molecule has 0 unspecified atom stereocenters. The quantitative estimate of drug-likeness (QED) is 0.569. The summed E-state index contributed by atoms with van der Waals surface area (Å²) in [6, 6.07) is 8.96. The van der Waals surface area contributed by atoms with Crippen molar-refractivity contribution in [2.24, 2.45) is 5.92 Å². The third-order valence-electron chi connectivity index (χ3n) is 5.65. The number of amides is 1. The summed E-state index contributed by atoms with van der Waals surface area (Å²) in [7, 11) is -4.18. The second kappa shape index (κ2) is 8.34. The van der Waals surface area contributed by atoms with Crippen LogP contribution in [0.2, 0.25) is 0 Å². The molecule has 0 aliphatic carbocycles. The van der Waals surface area contributed by atoms with Crippen molar-refractivity contribution in [1.82, 2.24) is 4.90 Å². The maximum absolute atomic E-state index is 13.1. The van der Waals surface area contributed by atoms with Gasteiger partial charge in [-0.15, -0.1) is 0 Å². The average molecular weight is 477 g/mol. The second-order valence-corrected chi connectivity index (χ2v) is 10.4. The first-order valence-corrected chi connectivity index (χ1v) is 11.0. The number of sulfone groups is 1. The number of hydrogen-bond donors (Lipinski definition) is 0. The van der Waals surface area contributed by atoms with Crippen LogP contribution in [0.4, 0.5) is 22.0 Å². The molecular formula is C21H20F5NO4S.